The van der Waals surface area contributed by atoms with E-state index >= 15 is 0 Å². The number of rotatable bonds is 7. The lowest BCUT2D eigenvalue weighted by Gasteiger charge is -2.16. The molecule has 42 heavy (non-hydrogen) atoms. The molecule has 15 heteroatoms. The van der Waals surface area contributed by atoms with E-state index in [1.165, 1.54) is 24.3 Å². The SMILES string of the molecule is O=C(O)CCNC(=O)c1ccc2c(c1)nc(-c1cccc(C(F)(F)F)c1)n2Cc1cc(C(F)(F)F)cc(C(F)(F)F)c1. The quantitative estimate of drug-likeness (QED) is 0.223. The molecule has 1 aromatic heterocycles. The molecule has 6 nitrogen and oxygen atoms in total. The standard InChI is InChI=1S/C27H18F9N3O3/c28-25(29,30)17-3-1-2-15(10-17)23-38-20-11-16(24(42)37-7-6-22(40)41)4-5-21(20)39(23)13-14-8-18(26(31,32)33)12-19(9-14)27(34,35)36/h1-5,8-12H,6-7,13H2,(H,37,42)(H,40,41). The third-order valence-corrected chi connectivity index (χ3v) is 6.07. The van der Waals surface area contributed by atoms with Crippen molar-refractivity contribution >= 4 is 22.9 Å². The second kappa shape index (κ2) is 11.0. The molecule has 0 fully saturated rings. The van der Waals surface area contributed by atoms with Crippen LogP contribution in [0.3, 0.4) is 0 Å². The minimum absolute atomic E-state index is 0.00341. The van der Waals surface area contributed by atoms with Crippen molar-refractivity contribution in [2.45, 2.75) is 31.5 Å². The van der Waals surface area contributed by atoms with Crippen LogP contribution in [0, 0.1) is 0 Å². The molecule has 0 saturated heterocycles. The van der Waals surface area contributed by atoms with Crippen molar-refractivity contribution in [3.8, 4) is 11.4 Å². The first-order valence-corrected chi connectivity index (χ1v) is 11.9. The van der Waals surface area contributed by atoms with E-state index in [9.17, 15) is 49.1 Å². The Bertz CT molecular complexity index is 1620. The molecule has 0 unspecified atom stereocenters. The van der Waals surface area contributed by atoms with Crippen LogP contribution in [0.5, 0.6) is 0 Å². The van der Waals surface area contributed by atoms with Gasteiger partial charge in [0.15, 0.2) is 0 Å². The number of nitrogens with zero attached hydrogens (tertiary/aromatic N) is 2. The summed E-state index contributed by atoms with van der Waals surface area (Å²) in [6.45, 7) is -0.869. The molecule has 222 valence electrons. The van der Waals surface area contributed by atoms with Crippen LogP contribution in [-0.4, -0.2) is 33.1 Å². The Hall–Kier alpha value is -4.56. The summed E-state index contributed by atoms with van der Waals surface area (Å²) in [4.78, 5) is 27.4. The number of amides is 1. The van der Waals surface area contributed by atoms with Crippen molar-refractivity contribution in [3.63, 3.8) is 0 Å². The van der Waals surface area contributed by atoms with Gasteiger partial charge in [0.1, 0.15) is 5.82 Å². The van der Waals surface area contributed by atoms with E-state index in [2.05, 4.69) is 10.3 Å². The van der Waals surface area contributed by atoms with E-state index in [1.54, 1.807) is 0 Å². The summed E-state index contributed by atoms with van der Waals surface area (Å²) in [5, 5.41) is 11.1. The molecule has 0 atom stereocenters. The molecule has 3 aromatic carbocycles. The summed E-state index contributed by atoms with van der Waals surface area (Å²) in [6, 6.07) is 8.51. The van der Waals surface area contributed by atoms with Gasteiger partial charge in [-0.3, -0.25) is 9.59 Å². The Morgan fingerprint density at radius 1 is 0.786 bits per heavy atom. The van der Waals surface area contributed by atoms with Gasteiger partial charge in [0, 0.05) is 24.2 Å². The number of carboxylic acids is 1. The number of nitrogens with one attached hydrogen (secondary N) is 1. The first-order chi connectivity index (χ1) is 19.4. The van der Waals surface area contributed by atoms with Crippen LogP contribution in [0.1, 0.15) is 39.0 Å². The lowest BCUT2D eigenvalue weighted by molar-refractivity contribution is -0.143. The van der Waals surface area contributed by atoms with Crippen molar-refractivity contribution in [1.29, 1.82) is 0 Å². The summed E-state index contributed by atoms with van der Waals surface area (Å²) in [6.07, 6.45) is -15.4. The van der Waals surface area contributed by atoms with Gasteiger partial charge >= 0.3 is 24.5 Å². The zero-order valence-corrected chi connectivity index (χ0v) is 21.0. The maximum atomic E-state index is 13.5. The molecule has 0 saturated carbocycles. The van der Waals surface area contributed by atoms with Crippen molar-refractivity contribution in [2.75, 3.05) is 6.54 Å². The fraction of sp³-hybridized carbons (Fsp3) is 0.222. The highest BCUT2D eigenvalue weighted by Gasteiger charge is 2.37. The Kier molecular flexibility index (Phi) is 7.98. The van der Waals surface area contributed by atoms with E-state index in [0.29, 0.717) is 12.1 Å². The fourth-order valence-electron chi connectivity index (χ4n) is 4.16. The van der Waals surface area contributed by atoms with Gasteiger partial charge in [0.05, 0.1) is 34.1 Å². The van der Waals surface area contributed by atoms with Crippen molar-refractivity contribution < 1.29 is 54.2 Å². The minimum Gasteiger partial charge on any atom is -0.481 e. The van der Waals surface area contributed by atoms with Gasteiger partial charge in [-0.05, 0) is 54.1 Å². The molecular formula is C27H18F9N3O3. The molecule has 0 aliphatic carbocycles. The first kappa shape index (κ1) is 30.4. The van der Waals surface area contributed by atoms with E-state index < -0.39 is 59.2 Å². The Balaban J connectivity index is 1.87. The summed E-state index contributed by atoms with van der Waals surface area (Å²) in [5.41, 5.74) is -4.75. The topological polar surface area (TPSA) is 84.2 Å². The molecular weight excluding hydrogens is 585 g/mol. The van der Waals surface area contributed by atoms with Crippen LogP contribution in [0.2, 0.25) is 0 Å². The van der Waals surface area contributed by atoms with Crippen LogP contribution in [0.15, 0.2) is 60.7 Å². The average Bonchev–Trinajstić information content (AvgIpc) is 3.24. The van der Waals surface area contributed by atoms with Gasteiger partial charge in [-0.15, -0.1) is 0 Å². The monoisotopic (exact) mass is 603 g/mol. The van der Waals surface area contributed by atoms with E-state index in [-0.39, 0.29) is 47.0 Å². The maximum absolute atomic E-state index is 13.5. The Morgan fingerprint density at radius 3 is 1.98 bits per heavy atom. The smallest absolute Gasteiger partial charge is 0.416 e. The lowest BCUT2D eigenvalue weighted by atomic mass is 10.0. The zero-order chi connectivity index (χ0) is 31.0. The number of alkyl halides is 9. The van der Waals surface area contributed by atoms with Crippen molar-refractivity contribution in [2.24, 2.45) is 0 Å². The van der Waals surface area contributed by atoms with Crippen LogP contribution >= 0.6 is 0 Å². The second-order valence-corrected chi connectivity index (χ2v) is 9.12. The number of halogens is 9. The molecule has 0 radical (unpaired) electrons. The van der Waals surface area contributed by atoms with Gasteiger partial charge < -0.3 is 15.0 Å². The predicted octanol–water partition coefficient (Wildman–Crippen LogP) is 7.01. The summed E-state index contributed by atoms with van der Waals surface area (Å²) in [7, 11) is 0. The van der Waals surface area contributed by atoms with Gasteiger partial charge in [-0.25, -0.2) is 4.98 Å². The number of carboxylic acid groups (broad SMARTS) is 1. The number of aromatic nitrogens is 2. The average molecular weight is 603 g/mol. The number of carbonyl (C=O) groups excluding carboxylic acids is 1. The largest absolute Gasteiger partial charge is 0.481 e. The van der Waals surface area contributed by atoms with E-state index in [0.717, 1.165) is 22.8 Å². The minimum atomic E-state index is -5.13. The molecule has 2 N–H and O–H groups in total. The van der Waals surface area contributed by atoms with Crippen LogP contribution in [-0.2, 0) is 29.9 Å². The number of benzene rings is 3. The van der Waals surface area contributed by atoms with Crippen LogP contribution < -0.4 is 5.32 Å². The van der Waals surface area contributed by atoms with Gasteiger partial charge in [-0.2, -0.15) is 39.5 Å². The molecule has 1 heterocycles. The molecule has 1 amide bonds. The number of hydrogen-bond donors (Lipinski definition) is 2. The molecule has 4 rings (SSSR count). The number of carbonyl (C=O) groups is 2. The van der Waals surface area contributed by atoms with Crippen molar-refractivity contribution in [3.05, 3.63) is 88.5 Å². The summed E-state index contributed by atoms with van der Waals surface area (Å²) in [5.74, 6) is -2.09. The Labute approximate surface area is 230 Å². The van der Waals surface area contributed by atoms with E-state index in [1.807, 2.05) is 0 Å². The van der Waals surface area contributed by atoms with Crippen LogP contribution in [0.4, 0.5) is 39.5 Å². The highest BCUT2D eigenvalue weighted by molar-refractivity contribution is 5.98. The van der Waals surface area contributed by atoms with Gasteiger partial charge in [-0.1, -0.05) is 12.1 Å². The molecule has 0 aliphatic rings. The summed E-state index contributed by atoms with van der Waals surface area (Å²) < 4.78 is 122. The molecule has 0 aliphatic heterocycles. The third-order valence-electron chi connectivity index (χ3n) is 6.07. The molecule has 0 bridgehead atoms. The number of fused-ring (bicyclic) bond motifs is 1. The molecule has 4 aromatic rings. The lowest BCUT2D eigenvalue weighted by Crippen LogP contribution is -2.25. The first-order valence-electron chi connectivity index (χ1n) is 11.9. The second-order valence-electron chi connectivity index (χ2n) is 9.12. The number of hydrogen-bond acceptors (Lipinski definition) is 3. The predicted molar refractivity (Wildman–Crippen MR) is 130 cm³/mol. The number of imidazole rings is 1. The van der Waals surface area contributed by atoms with Crippen LogP contribution in [0.25, 0.3) is 22.4 Å². The normalized spacial score (nSPS) is 12.5. The third kappa shape index (κ3) is 6.83. The van der Waals surface area contributed by atoms with E-state index in [4.69, 9.17) is 5.11 Å². The summed E-state index contributed by atoms with van der Waals surface area (Å²) >= 11 is 0. The highest BCUT2D eigenvalue weighted by atomic mass is 19.4. The van der Waals surface area contributed by atoms with Gasteiger partial charge in [0.25, 0.3) is 5.91 Å². The fourth-order valence-corrected chi connectivity index (χ4v) is 4.16. The van der Waals surface area contributed by atoms with Gasteiger partial charge in [0.2, 0.25) is 0 Å². The Morgan fingerprint density at radius 2 is 1.40 bits per heavy atom. The zero-order valence-electron chi connectivity index (χ0n) is 21.0. The molecule has 0 spiro atoms. The maximum Gasteiger partial charge on any atom is 0.416 e. The van der Waals surface area contributed by atoms with Crippen molar-refractivity contribution in [1.82, 2.24) is 14.9 Å². The number of aliphatic carboxylic acids is 1. The highest BCUT2D eigenvalue weighted by Crippen LogP contribution is 2.38.